The van der Waals surface area contributed by atoms with Gasteiger partial charge in [-0.2, -0.15) is 0 Å². The summed E-state index contributed by atoms with van der Waals surface area (Å²) in [6, 6.07) is 7.51. The van der Waals surface area contributed by atoms with Gasteiger partial charge in [0.25, 0.3) is 0 Å². The Kier molecular flexibility index (Phi) is 10.2. The number of alkyl carbamates (subject to hydrolysis) is 2. The molecule has 2 atom stereocenters. The average molecular weight is 478 g/mol. The molecule has 1 saturated heterocycles. The number of amides is 3. The third-order valence-electron chi connectivity index (χ3n) is 5.21. The van der Waals surface area contributed by atoms with Crippen LogP contribution in [-0.2, 0) is 25.7 Å². The van der Waals surface area contributed by atoms with Crippen LogP contribution in [0, 0.1) is 0 Å². The second-order valence-corrected chi connectivity index (χ2v) is 9.21. The molecule has 0 spiro atoms. The number of carbonyl (C=O) groups is 4. The maximum Gasteiger partial charge on any atom is 0.408 e. The molecule has 0 bridgehead atoms. The summed E-state index contributed by atoms with van der Waals surface area (Å²) < 4.78 is 10.4. The summed E-state index contributed by atoms with van der Waals surface area (Å²) in [7, 11) is 0. The van der Waals surface area contributed by atoms with Crippen molar-refractivity contribution in [2.75, 3.05) is 13.1 Å². The van der Waals surface area contributed by atoms with Gasteiger partial charge in [-0.05, 0) is 58.4 Å². The minimum Gasteiger partial charge on any atom is -0.480 e. The van der Waals surface area contributed by atoms with E-state index in [9.17, 15) is 24.3 Å². The summed E-state index contributed by atoms with van der Waals surface area (Å²) in [6.45, 7) is 5.98. The van der Waals surface area contributed by atoms with Gasteiger partial charge in [-0.15, -0.1) is 0 Å². The molecule has 2 rings (SSSR count). The summed E-state index contributed by atoms with van der Waals surface area (Å²) in [5.74, 6) is -1.49. The third kappa shape index (κ3) is 9.29. The van der Waals surface area contributed by atoms with E-state index in [1.165, 1.54) is 4.90 Å². The number of benzene rings is 1. The molecule has 1 aromatic rings. The van der Waals surface area contributed by atoms with E-state index in [1.807, 2.05) is 30.3 Å². The van der Waals surface area contributed by atoms with Gasteiger partial charge in [0.1, 0.15) is 24.3 Å². The summed E-state index contributed by atoms with van der Waals surface area (Å²) in [5, 5.41) is 14.7. The first-order chi connectivity index (χ1) is 16.1. The van der Waals surface area contributed by atoms with E-state index in [0.29, 0.717) is 38.8 Å². The molecule has 10 nitrogen and oxygen atoms in total. The molecular weight excluding hydrogens is 442 g/mol. The Labute approximate surface area is 200 Å². The minimum absolute atomic E-state index is 0.170. The molecule has 1 heterocycles. The smallest absolute Gasteiger partial charge is 0.408 e. The number of rotatable bonds is 10. The number of nitrogens with zero attached hydrogens (tertiary/aromatic N) is 1. The zero-order valence-corrected chi connectivity index (χ0v) is 20.0. The summed E-state index contributed by atoms with van der Waals surface area (Å²) >= 11 is 0. The standard InChI is InChI=1S/C24H35N3O7/c1-24(2,3)34-23(32)26-18(20(28)27-15-9-13-19(27)21(29)30)12-7-8-14-25-22(31)33-16-17-10-5-4-6-11-17/h4-6,10-11,18-19H,7-9,12-16H2,1-3H3,(H,25,31)(H,26,32)(H,29,30)/t18-,19-/m0/s1. The Morgan fingerprint density at radius 3 is 2.47 bits per heavy atom. The number of carboxylic acids is 1. The van der Waals surface area contributed by atoms with Gasteiger partial charge < -0.3 is 30.1 Å². The van der Waals surface area contributed by atoms with Crippen molar-refractivity contribution in [3.8, 4) is 0 Å². The van der Waals surface area contributed by atoms with Crippen molar-refractivity contribution in [3.05, 3.63) is 35.9 Å². The lowest BCUT2D eigenvalue weighted by atomic mass is 10.1. The van der Waals surface area contributed by atoms with Crippen LogP contribution in [0.3, 0.4) is 0 Å². The molecule has 10 heteroatoms. The molecule has 3 amide bonds. The van der Waals surface area contributed by atoms with Crippen molar-refractivity contribution in [3.63, 3.8) is 0 Å². The molecule has 0 aliphatic carbocycles. The van der Waals surface area contributed by atoms with Crippen LogP contribution in [0.4, 0.5) is 9.59 Å². The lowest BCUT2D eigenvalue weighted by molar-refractivity contribution is -0.149. The molecule has 1 fully saturated rings. The summed E-state index contributed by atoms with van der Waals surface area (Å²) in [4.78, 5) is 50.0. The van der Waals surface area contributed by atoms with E-state index in [1.54, 1.807) is 20.8 Å². The van der Waals surface area contributed by atoms with Gasteiger partial charge >= 0.3 is 18.2 Å². The van der Waals surface area contributed by atoms with Crippen LogP contribution in [0.1, 0.15) is 58.4 Å². The van der Waals surface area contributed by atoms with Crippen LogP contribution >= 0.6 is 0 Å². The van der Waals surface area contributed by atoms with Gasteiger partial charge in [0.15, 0.2) is 0 Å². The minimum atomic E-state index is -1.06. The fraction of sp³-hybridized carbons (Fsp3) is 0.583. The topological polar surface area (TPSA) is 134 Å². The molecule has 0 saturated carbocycles. The SMILES string of the molecule is CC(C)(C)OC(=O)N[C@@H](CCCCNC(=O)OCc1ccccc1)C(=O)N1CCC[C@H]1C(=O)O. The molecule has 0 unspecified atom stereocenters. The highest BCUT2D eigenvalue weighted by Crippen LogP contribution is 2.20. The van der Waals surface area contributed by atoms with Crippen molar-refractivity contribution >= 4 is 24.1 Å². The number of aliphatic carboxylic acids is 1. The molecule has 188 valence electrons. The molecular formula is C24H35N3O7. The Bertz CT molecular complexity index is 839. The number of carbonyl (C=O) groups excluding carboxylic acids is 3. The first-order valence-electron chi connectivity index (χ1n) is 11.5. The molecule has 0 radical (unpaired) electrons. The number of hydrogen-bond acceptors (Lipinski definition) is 6. The largest absolute Gasteiger partial charge is 0.480 e. The van der Waals surface area contributed by atoms with Crippen molar-refractivity contribution < 1.29 is 33.8 Å². The lowest BCUT2D eigenvalue weighted by Crippen LogP contribution is -2.52. The first-order valence-corrected chi connectivity index (χ1v) is 11.5. The van der Waals surface area contributed by atoms with Gasteiger partial charge in [0, 0.05) is 13.1 Å². The highest BCUT2D eigenvalue weighted by Gasteiger charge is 2.37. The fourth-order valence-electron chi connectivity index (χ4n) is 3.63. The number of ether oxygens (including phenoxy) is 2. The zero-order valence-electron chi connectivity index (χ0n) is 20.0. The molecule has 1 aliphatic heterocycles. The molecule has 34 heavy (non-hydrogen) atoms. The van der Waals surface area contributed by atoms with Gasteiger partial charge in [0.05, 0.1) is 0 Å². The van der Waals surface area contributed by atoms with E-state index in [0.717, 1.165) is 5.56 Å². The van der Waals surface area contributed by atoms with Crippen LogP contribution < -0.4 is 10.6 Å². The van der Waals surface area contributed by atoms with Crippen LogP contribution in [0.25, 0.3) is 0 Å². The monoisotopic (exact) mass is 477 g/mol. The Hall–Kier alpha value is -3.30. The number of carboxylic acid groups (broad SMARTS) is 1. The predicted octanol–water partition coefficient (Wildman–Crippen LogP) is 3.05. The summed E-state index contributed by atoms with van der Waals surface area (Å²) in [6.07, 6.45) is 1.04. The number of hydrogen-bond donors (Lipinski definition) is 3. The van der Waals surface area contributed by atoms with Crippen LogP contribution in [0.15, 0.2) is 30.3 Å². The van der Waals surface area contributed by atoms with Crippen molar-refractivity contribution in [2.45, 2.75) is 77.2 Å². The predicted molar refractivity (Wildman–Crippen MR) is 124 cm³/mol. The lowest BCUT2D eigenvalue weighted by Gasteiger charge is -2.28. The Balaban J connectivity index is 1.83. The van der Waals surface area contributed by atoms with Crippen molar-refractivity contribution in [1.29, 1.82) is 0 Å². The molecule has 1 aliphatic rings. The number of unbranched alkanes of at least 4 members (excludes halogenated alkanes) is 1. The molecule has 3 N–H and O–H groups in total. The van der Waals surface area contributed by atoms with E-state index < -0.39 is 41.7 Å². The maximum atomic E-state index is 13.1. The molecule has 0 aromatic heterocycles. The van der Waals surface area contributed by atoms with Gasteiger partial charge in [-0.25, -0.2) is 14.4 Å². The highest BCUT2D eigenvalue weighted by molar-refractivity contribution is 5.89. The summed E-state index contributed by atoms with van der Waals surface area (Å²) in [5.41, 5.74) is 0.146. The highest BCUT2D eigenvalue weighted by atomic mass is 16.6. The van der Waals surface area contributed by atoms with Gasteiger partial charge in [-0.3, -0.25) is 4.79 Å². The maximum absolute atomic E-state index is 13.1. The Morgan fingerprint density at radius 2 is 1.82 bits per heavy atom. The fourth-order valence-corrected chi connectivity index (χ4v) is 3.63. The van der Waals surface area contributed by atoms with E-state index in [2.05, 4.69) is 10.6 Å². The first kappa shape index (κ1) is 26.9. The second kappa shape index (κ2) is 12.8. The van der Waals surface area contributed by atoms with E-state index >= 15 is 0 Å². The van der Waals surface area contributed by atoms with Crippen molar-refractivity contribution in [1.82, 2.24) is 15.5 Å². The third-order valence-corrected chi connectivity index (χ3v) is 5.21. The van der Waals surface area contributed by atoms with Crippen molar-refractivity contribution in [2.24, 2.45) is 0 Å². The molecule has 1 aromatic carbocycles. The van der Waals surface area contributed by atoms with Gasteiger partial charge in [-0.1, -0.05) is 30.3 Å². The van der Waals surface area contributed by atoms with E-state index in [-0.39, 0.29) is 13.0 Å². The quantitative estimate of drug-likeness (QED) is 0.441. The Morgan fingerprint density at radius 1 is 1.12 bits per heavy atom. The van der Waals surface area contributed by atoms with Crippen LogP contribution in [0.2, 0.25) is 0 Å². The van der Waals surface area contributed by atoms with Crippen LogP contribution in [-0.4, -0.2) is 64.8 Å². The zero-order chi connectivity index (χ0) is 25.1. The average Bonchev–Trinajstić information content (AvgIpc) is 3.26. The van der Waals surface area contributed by atoms with Gasteiger partial charge in [0.2, 0.25) is 5.91 Å². The van der Waals surface area contributed by atoms with Crippen LogP contribution in [0.5, 0.6) is 0 Å². The number of nitrogens with one attached hydrogen (secondary N) is 2. The second-order valence-electron chi connectivity index (χ2n) is 9.21. The number of likely N-dealkylation sites (tertiary alicyclic amines) is 1. The normalized spacial score (nSPS) is 16.4. The van der Waals surface area contributed by atoms with E-state index in [4.69, 9.17) is 9.47 Å².